The van der Waals surface area contributed by atoms with Crippen LogP contribution in [0.1, 0.15) is 12.0 Å². The summed E-state index contributed by atoms with van der Waals surface area (Å²) < 4.78 is 0.696. The number of halogens is 3. The van der Waals surface area contributed by atoms with Gasteiger partial charge in [-0.3, -0.25) is 4.90 Å². The third-order valence-corrected chi connectivity index (χ3v) is 4.77. The number of hydrogen-bond donors (Lipinski definition) is 1. The molecule has 0 aliphatic carbocycles. The molecule has 1 atom stereocenters. The number of hydrogen-bond acceptors (Lipinski definition) is 3. The molecule has 2 nitrogen and oxygen atoms in total. The molecule has 1 aromatic rings. The van der Waals surface area contributed by atoms with Crippen LogP contribution < -0.4 is 5.73 Å². The van der Waals surface area contributed by atoms with Crippen molar-refractivity contribution < 1.29 is 0 Å². The fraction of sp³-hybridized carbons (Fsp3) is 0.600. The molecule has 92 valence electrons. The maximum absolute atomic E-state index is 6.08. The van der Waals surface area contributed by atoms with Gasteiger partial charge in [-0.25, -0.2) is 0 Å². The molecule has 0 saturated carbocycles. The summed E-state index contributed by atoms with van der Waals surface area (Å²) in [6.45, 7) is 3.89. The monoisotopic (exact) mass is 300 g/mol. The van der Waals surface area contributed by atoms with E-state index in [-0.39, 0.29) is 12.4 Å². The van der Waals surface area contributed by atoms with Gasteiger partial charge >= 0.3 is 0 Å². The summed E-state index contributed by atoms with van der Waals surface area (Å²) >= 11 is 13.5. The van der Waals surface area contributed by atoms with Crippen LogP contribution >= 0.6 is 46.9 Å². The third kappa shape index (κ3) is 3.25. The second-order valence-corrected chi connectivity index (χ2v) is 5.83. The van der Waals surface area contributed by atoms with Gasteiger partial charge in [-0.1, -0.05) is 23.2 Å². The van der Waals surface area contributed by atoms with Gasteiger partial charge in [-0.2, -0.15) is 0 Å². The maximum atomic E-state index is 6.08. The molecule has 2 heterocycles. The second-order valence-electron chi connectivity index (χ2n) is 3.97. The standard InChI is InChI=1S/C10H14Cl2N2S.ClH/c11-9-8(6-15-10(9)12)5-14-2-1-7(3-13)4-14;/h6-7H,1-5,13H2;1H. The van der Waals surface area contributed by atoms with Gasteiger partial charge in [0.25, 0.3) is 0 Å². The Bertz CT molecular complexity index is 343. The highest BCUT2D eigenvalue weighted by atomic mass is 35.5. The molecule has 1 aliphatic rings. The van der Waals surface area contributed by atoms with Crippen molar-refractivity contribution in [3.63, 3.8) is 0 Å². The van der Waals surface area contributed by atoms with E-state index in [0.29, 0.717) is 10.3 Å². The average molecular weight is 302 g/mol. The minimum atomic E-state index is 0. The van der Waals surface area contributed by atoms with Crippen molar-refractivity contribution >= 4 is 46.9 Å². The fourth-order valence-electron chi connectivity index (χ4n) is 1.95. The van der Waals surface area contributed by atoms with Crippen molar-refractivity contribution in [2.45, 2.75) is 13.0 Å². The van der Waals surface area contributed by atoms with Crippen LogP contribution in [-0.2, 0) is 6.54 Å². The van der Waals surface area contributed by atoms with Gasteiger partial charge in [-0.15, -0.1) is 23.7 Å². The van der Waals surface area contributed by atoms with Crippen molar-refractivity contribution in [2.24, 2.45) is 11.7 Å². The van der Waals surface area contributed by atoms with E-state index in [1.54, 1.807) is 0 Å². The van der Waals surface area contributed by atoms with Gasteiger partial charge in [-0.05, 0) is 36.4 Å². The van der Waals surface area contributed by atoms with Crippen molar-refractivity contribution in [3.8, 4) is 0 Å². The SMILES string of the molecule is Cl.NCC1CCN(Cc2csc(Cl)c2Cl)C1. The lowest BCUT2D eigenvalue weighted by molar-refractivity contribution is 0.318. The van der Waals surface area contributed by atoms with Crippen LogP contribution in [0, 0.1) is 5.92 Å². The average Bonchev–Trinajstić information content (AvgIpc) is 2.80. The van der Waals surface area contributed by atoms with Crippen molar-refractivity contribution in [2.75, 3.05) is 19.6 Å². The normalized spacial score (nSPS) is 21.1. The molecule has 2 N–H and O–H groups in total. The minimum Gasteiger partial charge on any atom is -0.330 e. The van der Waals surface area contributed by atoms with E-state index in [2.05, 4.69) is 4.90 Å². The molecule has 0 aromatic carbocycles. The van der Waals surface area contributed by atoms with E-state index in [1.807, 2.05) is 5.38 Å². The summed E-state index contributed by atoms with van der Waals surface area (Å²) in [5, 5.41) is 2.76. The van der Waals surface area contributed by atoms with Crippen LogP contribution in [-0.4, -0.2) is 24.5 Å². The van der Waals surface area contributed by atoms with Gasteiger partial charge < -0.3 is 5.73 Å². The smallest absolute Gasteiger partial charge is 0.112 e. The lowest BCUT2D eigenvalue weighted by Gasteiger charge is -2.14. The molecule has 1 aliphatic heterocycles. The molecular formula is C10H15Cl3N2S. The number of rotatable bonds is 3. The molecule has 1 aromatic heterocycles. The molecule has 1 fully saturated rings. The van der Waals surface area contributed by atoms with E-state index in [4.69, 9.17) is 28.9 Å². The predicted molar refractivity (Wildman–Crippen MR) is 74.0 cm³/mol. The van der Waals surface area contributed by atoms with Crippen LogP contribution in [0.5, 0.6) is 0 Å². The second kappa shape index (κ2) is 6.43. The highest BCUT2D eigenvalue weighted by Gasteiger charge is 2.22. The fourth-order valence-corrected chi connectivity index (χ4v) is 3.19. The summed E-state index contributed by atoms with van der Waals surface area (Å²) in [4.78, 5) is 2.39. The molecular weight excluding hydrogens is 287 g/mol. The molecule has 16 heavy (non-hydrogen) atoms. The van der Waals surface area contributed by atoms with E-state index in [1.165, 1.54) is 17.8 Å². The highest BCUT2D eigenvalue weighted by molar-refractivity contribution is 7.15. The molecule has 1 saturated heterocycles. The van der Waals surface area contributed by atoms with Crippen LogP contribution in [0.4, 0.5) is 0 Å². The molecule has 1 unspecified atom stereocenters. The topological polar surface area (TPSA) is 29.3 Å². The van der Waals surface area contributed by atoms with Crippen LogP contribution in [0.2, 0.25) is 9.36 Å². The highest BCUT2D eigenvalue weighted by Crippen LogP contribution is 2.33. The first-order chi connectivity index (χ1) is 7.20. The largest absolute Gasteiger partial charge is 0.330 e. The van der Waals surface area contributed by atoms with Gasteiger partial charge in [0.2, 0.25) is 0 Å². The minimum absolute atomic E-state index is 0. The third-order valence-electron chi connectivity index (χ3n) is 2.86. The molecule has 0 bridgehead atoms. The lowest BCUT2D eigenvalue weighted by atomic mass is 10.1. The summed E-state index contributed by atoms with van der Waals surface area (Å²) in [6.07, 6.45) is 1.20. The predicted octanol–water partition coefficient (Wildman–Crippen LogP) is 3.26. The number of thiophene rings is 1. The zero-order chi connectivity index (χ0) is 10.8. The quantitative estimate of drug-likeness (QED) is 0.928. The van der Waals surface area contributed by atoms with E-state index < -0.39 is 0 Å². The van der Waals surface area contributed by atoms with Crippen LogP contribution in [0.15, 0.2) is 5.38 Å². The molecule has 0 amide bonds. The van der Waals surface area contributed by atoms with E-state index in [0.717, 1.165) is 36.8 Å². The summed E-state index contributed by atoms with van der Waals surface area (Å²) in [6, 6.07) is 0. The molecule has 6 heteroatoms. The zero-order valence-electron chi connectivity index (χ0n) is 8.79. The molecule has 2 rings (SSSR count). The Labute approximate surface area is 116 Å². The molecule has 0 radical (unpaired) electrons. The summed E-state index contributed by atoms with van der Waals surface area (Å²) in [7, 11) is 0. The summed E-state index contributed by atoms with van der Waals surface area (Å²) in [5.41, 5.74) is 6.79. The Kier molecular flexibility index (Phi) is 5.85. The number of nitrogens with zero attached hydrogens (tertiary/aromatic N) is 1. The van der Waals surface area contributed by atoms with Gasteiger partial charge in [0, 0.05) is 13.1 Å². The van der Waals surface area contributed by atoms with Crippen molar-refractivity contribution in [3.05, 3.63) is 20.3 Å². The van der Waals surface area contributed by atoms with Crippen LogP contribution in [0.25, 0.3) is 0 Å². The van der Waals surface area contributed by atoms with Gasteiger partial charge in [0.15, 0.2) is 0 Å². The van der Waals surface area contributed by atoms with E-state index >= 15 is 0 Å². The Balaban J connectivity index is 0.00000128. The van der Waals surface area contributed by atoms with Crippen molar-refractivity contribution in [1.29, 1.82) is 0 Å². The van der Waals surface area contributed by atoms with E-state index in [9.17, 15) is 0 Å². The first-order valence-electron chi connectivity index (χ1n) is 5.04. The zero-order valence-corrected chi connectivity index (χ0v) is 11.9. The van der Waals surface area contributed by atoms with Gasteiger partial charge in [0.05, 0.1) is 5.02 Å². The van der Waals surface area contributed by atoms with Gasteiger partial charge in [0.1, 0.15) is 4.34 Å². The lowest BCUT2D eigenvalue weighted by Crippen LogP contribution is -2.22. The Morgan fingerprint density at radius 1 is 1.50 bits per heavy atom. The Morgan fingerprint density at radius 2 is 2.25 bits per heavy atom. The first kappa shape index (κ1) is 14.6. The summed E-state index contributed by atoms with van der Waals surface area (Å²) in [5.74, 6) is 0.651. The molecule has 0 spiro atoms. The number of nitrogens with two attached hydrogens (primary N) is 1. The van der Waals surface area contributed by atoms with Crippen molar-refractivity contribution in [1.82, 2.24) is 4.90 Å². The Hall–Kier alpha value is 0.490. The number of likely N-dealkylation sites (tertiary alicyclic amines) is 1. The Morgan fingerprint density at radius 3 is 2.75 bits per heavy atom. The maximum Gasteiger partial charge on any atom is 0.112 e. The first-order valence-corrected chi connectivity index (χ1v) is 6.68. The van der Waals surface area contributed by atoms with Crippen LogP contribution in [0.3, 0.4) is 0 Å².